The van der Waals surface area contributed by atoms with Gasteiger partial charge in [0.2, 0.25) is 0 Å². The second-order valence-electron chi connectivity index (χ2n) is 2.23. The second kappa shape index (κ2) is 4.19. The normalized spacial score (nSPS) is 8.64. The molecule has 0 saturated heterocycles. The molecule has 0 spiro atoms. The van der Waals surface area contributed by atoms with E-state index in [1.807, 2.05) is 13.0 Å². The van der Waals surface area contributed by atoms with Gasteiger partial charge in [-0.25, -0.2) is 4.39 Å². The smallest absolute Gasteiger partial charge is 0.146 e. The van der Waals surface area contributed by atoms with Crippen molar-refractivity contribution in [1.29, 1.82) is 0 Å². The molecule has 0 bridgehead atoms. The maximum atomic E-state index is 12.8. The number of hydrogen-bond donors (Lipinski definition) is 1. The second-order valence-corrected chi connectivity index (χ2v) is 2.23. The third kappa shape index (κ3) is 2.39. The fourth-order valence-corrected chi connectivity index (χ4v) is 0.823. The average Bonchev–Trinajstić information content (AvgIpc) is 1.88. The highest BCUT2D eigenvalue weighted by Gasteiger charge is 1.96. The van der Waals surface area contributed by atoms with Crippen LogP contribution in [-0.4, -0.2) is 7.05 Å². The van der Waals surface area contributed by atoms with Crippen LogP contribution in [0.25, 0.3) is 0 Å². The predicted molar refractivity (Wildman–Crippen MR) is 47.9 cm³/mol. The van der Waals surface area contributed by atoms with Crippen LogP contribution in [0.2, 0.25) is 0 Å². The molecule has 0 aliphatic carbocycles. The van der Waals surface area contributed by atoms with Gasteiger partial charge in [0.1, 0.15) is 5.82 Å². The van der Waals surface area contributed by atoms with Crippen molar-refractivity contribution in [2.75, 3.05) is 12.4 Å². The zero-order valence-electron chi connectivity index (χ0n) is 6.52. The first kappa shape index (κ1) is 10.2. The average molecular weight is 176 g/mol. The molecular weight excluding hydrogens is 165 g/mol. The van der Waals surface area contributed by atoms with E-state index in [2.05, 4.69) is 5.32 Å². The van der Waals surface area contributed by atoms with E-state index in [-0.39, 0.29) is 18.2 Å². The van der Waals surface area contributed by atoms with E-state index in [4.69, 9.17) is 0 Å². The van der Waals surface area contributed by atoms with E-state index in [1.165, 1.54) is 6.07 Å². The summed E-state index contributed by atoms with van der Waals surface area (Å²) in [6, 6.07) is 5.10. The van der Waals surface area contributed by atoms with E-state index < -0.39 is 0 Å². The molecule has 0 aromatic heterocycles. The van der Waals surface area contributed by atoms with Crippen molar-refractivity contribution in [2.45, 2.75) is 6.92 Å². The summed E-state index contributed by atoms with van der Waals surface area (Å²) >= 11 is 0. The van der Waals surface area contributed by atoms with Crippen molar-refractivity contribution >= 4 is 18.1 Å². The molecule has 0 fully saturated rings. The molecule has 3 heteroatoms. The number of nitrogens with one attached hydrogen (secondary N) is 1. The predicted octanol–water partition coefficient (Wildman–Crippen LogP) is 2.60. The molecular formula is C8H11ClFN. The van der Waals surface area contributed by atoms with Gasteiger partial charge in [0.05, 0.1) is 5.69 Å². The third-order valence-electron chi connectivity index (χ3n) is 1.39. The van der Waals surface area contributed by atoms with Crippen molar-refractivity contribution in [2.24, 2.45) is 0 Å². The number of hydrogen-bond acceptors (Lipinski definition) is 1. The van der Waals surface area contributed by atoms with Gasteiger partial charge in [-0.1, -0.05) is 6.07 Å². The highest BCUT2D eigenvalue weighted by Crippen LogP contribution is 2.13. The standard InChI is InChI=1S/C8H10FN.ClH/c1-6-3-4-8(10-2)7(9)5-6;/h3-5,10H,1-2H3;1H. The van der Waals surface area contributed by atoms with Crippen LogP contribution in [-0.2, 0) is 0 Å². The Bertz CT molecular complexity index is 238. The van der Waals surface area contributed by atoms with Crippen molar-refractivity contribution in [3.8, 4) is 0 Å². The molecule has 1 nitrogen and oxygen atoms in total. The molecule has 11 heavy (non-hydrogen) atoms. The number of benzene rings is 1. The molecule has 1 rings (SSSR count). The maximum absolute atomic E-state index is 12.8. The van der Waals surface area contributed by atoms with Crippen LogP contribution < -0.4 is 5.32 Å². The quantitative estimate of drug-likeness (QED) is 0.692. The Hall–Kier alpha value is -0.760. The molecule has 0 saturated carbocycles. The Morgan fingerprint density at radius 2 is 2.00 bits per heavy atom. The fourth-order valence-electron chi connectivity index (χ4n) is 0.823. The van der Waals surface area contributed by atoms with Crippen LogP contribution >= 0.6 is 12.4 Å². The number of anilines is 1. The molecule has 1 N–H and O–H groups in total. The van der Waals surface area contributed by atoms with E-state index >= 15 is 0 Å². The van der Waals surface area contributed by atoms with Gasteiger partial charge in [-0.2, -0.15) is 0 Å². The number of rotatable bonds is 1. The molecule has 1 aromatic rings. The SMILES string of the molecule is CNc1ccc(C)cc1F.Cl. The van der Waals surface area contributed by atoms with Gasteiger partial charge >= 0.3 is 0 Å². The number of halogens is 2. The topological polar surface area (TPSA) is 12.0 Å². The first-order valence-electron chi connectivity index (χ1n) is 3.18. The molecule has 0 radical (unpaired) electrons. The van der Waals surface area contributed by atoms with Gasteiger partial charge in [0.15, 0.2) is 0 Å². The van der Waals surface area contributed by atoms with Crippen molar-refractivity contribution in [3.05, 3.63) is 29.6 Å². The van der Waals surface area contributed by atoms with Gasteiger partial charge < -0.3 is 5.32 Å². The molecule has 0 amide bonds. The molecule has 62 valence electrons. The van der Waals surface area contributed by atoms with Crippen molar-refractivity contribution in [3.63, 3.8) is 0 Å². The minimum atomic E-state index is -0.192. The number of aryl methyl sites for hydroxylation is 1. The summed E-state index contributed by atoms with van der Waals surface area (Å²) in [6.45, 7) is 1.86. The van der Waals surface area contributed by atoms with Crippen molar-refractivity contribution in [1.82, 2.24) is 0 Å². The molecule has 0 atom stereocenters. The summed E-state index contributed by atoms with van der Waals surface area (Å²) in [5.74, 6) is -0.192. The molecule has 1 aromatic carbocycles. The van der Waals surface area contributed by atoms with Crippen LogP contribution in [0.1, 0.15) is 5.56 Å². The fraction of sp³-hybridized carbons (Fsp3) is 0.250. The highest BCUT2D eigenvalue weighted by molar-refractivity contribution is 5.85. The minimum absolute atomic E-state index is 0. The van der Waals surface area contributed by atoms with E-state index in [0.29, 0.717) is 5.69 Å². The zero-order valence-corrected chi connectivity index (χ0v) is 7.33. The van der Waals surface area contributed by atoms with Crippen LogP contribution in [0.15, 0.2) is 18.2 Å². The van der Waals surface area contributed by atoms with E-state index in [1.54, 1.807) is 13.1 Å². The summed E-state index contributed by atoms with van der Waals surface area (Å²) in [5, 5.41) is 2.75. The largest absolute Gasteiger partial charge is 0.386 e. The highest BCUT2D eigenvalue weighted by atomic mass is 35.5. The lowest BCUT2D eigenvalue weighted by Crippen LogP contribution is -1.91. The molecule has 0 heterocycles. The Kier molecular flexibility index (Phi) is 3.90. The Morgan fingerprint density at radius 1 is 1.36 bits per heavy atom. The van der Waals surface area contributed by atoms with Crippen LogP contribution in [0.3, 0.4) is 0 Å². The third-order valence-corrected chi connectivity index (χ3v) is 1.39. The van der Waals surface area contributed by atoms with Crippen LogP contribution in [0, 0.1) is 12.7 Å². The molecule has 0 unspecified atom stereocenters. The summed E-state index contributed by atoms with van der Waals surface area (Å²) < 4.78 is 12.8. The lowest BCUT2D eigenvalue weighted by atomic mass is 10.2. The van der Waals surface area contributed by atoms with E-state index in [0.717, 1.165) is 5.56 Å². The van der Waals surface area contributed by atoms with Gasteiger partial charge in [0.25, 0.3) is 0 Å². The Morgan fingerprint density at radius 3 is 2.45 bits per heavy atom. The lowest BCUT2D eigenvalue weighted by Gasteiger charge is -2.00. The first-order valence-corrected chi connectivity index (χ1v) is 3.18. The van der Waals surface area contributed by atoms with Gasteiger partial charge in [-0.05, 0) is 24.6 Å². The van der Waals surface area contributed by atoms with Gasteiger partial charge in [-0.15, -0.1) is 12.4 Å². The van der Waals surface area contributed by atoms with Crippen LogP contribution in [0.5, 0.6) is 0 Å². The van der Waals surface area contributed by atoms with E-state index in [9.17, 15) is 4.39 Å². The Balaban J connectivity index is 0.000001000. The van der Waals surface area contributed by atoms with Gasteiger partial charge in [0, 0.05) is 7.05 Å². The summed E-state index contributed by atoms with van der Waals surface area (Å²) in [5.41, 5.74) is 1.49. The molecule has 0 aliphatic rings. The summed E-state index contributed by atoms with van der Waals surface area (Å²) in [6.07, 6.45) is 0. The first-order chi connectivity index (χ1) is 4.74. The Labute approximate surface area is 72.0 Å². The molecule has 0 aliphatic heterocycles. The summed E-state index contributed by atoms with van der Waals surface area (Å²) in [4.78, 5) is 0. The van der Waals surface area contributed by atoms with Crippen LogP contribution in [0.4, 0.5) is 10.1 Å². The maximum Gasteiger partial charge on any atom is 0.146 e. The minimum Gasteiger partial charge on any atom is -0.386 e. The van der Waals surface area contributed by atoms with Gasteiger partial charge in [-0.3, -0.25) is 0 Å². The van der Waals surface area contributed by atoms with Crippen molar-refractivity contribution < 1.29 is 4.39 Å². The summed E-state index contributed by atoms with van der Waals surface area (Å²) in [7, 11) is 1.70. The monoisotopic (exact) mass is 175 g/mol. The lowest BCUT2D eigenvalue weighted by molar-refractivity contribution is 0.630. The zero-order chi connectivity index (χ0) is 7.56.